The van der Waals surface area contributed by atoms with Gasteiger partial charge in [0.1, 0.15) is 18.2 Å². The van der Waals surface area contributed by atoms with E-state index in [1.54, 1.807) is 13.4 Å². The third kappa shape index (κ3) is 6.06. The number of rotatable bonds is 7. The quantitative estimate of drug-likeness (QED) is 0.622. The zero-order valence-corrected chi connectivity index (χ0v) is 19.1. The Bertz CT molecular complexity index is 918. The Morgan fingerprint density at radius 3 is 3.00 bits per heavy atom. The van der Waals surface area contributed by atoms with E-state index >= 15 is 0 Å². The molecule has 0 bridgehead atoms. The van der Waals surface area contributed by atoms with Gasteiger partial charge in [-0.15, -0.1) is 0 Å². The summed E-state index contributed by atoms with van der Waals surface area (Å²) in [6.07, 6.45) is 10.6. The highest BCUT2D eigenvalue weighted by atomic mass is 16.5. The molecule has 0 fully saturated rings. The molecule has 0 saturated carbocycles. The van der Waals surface area contributed by atoms with Gasteiger partial charge in [-0.2, -0.15) is 0 Å². The number of benzene rings is 1. The van der Waals surface area contributed by atoms with Crippen molar-refractivity contribution in [2.45, 2.75) is 57.6 Å². The largest absolute Gasteiger partial charge is 0.488 e. The lowest BCUT2D eigenvalue weighted by Crippen LogP contribution is -2.21. The van der Waals surface area contributed by atoms with Crippen molar-refractivity contribution in [2.75, 3.05) is 32.4 Å². The van der Waals surface area contributed by atoms with Gasteiger partial charge < -0.3 is 19.6 Å². The average molecular weight is 439 g/mol. The molecule has 1 aromatic carbocycles. The fourth-order valence-corrected chi connectivity index (χ4v) is 4.23. The van der Waals surface area contributed by atoms with Gasteiger partial charge in [0.25, 0.3) is 0 Å². The predicted octanol–water partition coefficient (Wildman–Crippen LogP) is 4.36. The zero-order valence-electron chi connectivity index (χ0n) is 19.1. The Morgan fingerprint density at radius 1 is 1.16 bits per heavy atom. The molecule has 32 heavy (non-hydrogen) atoms. The maximum atomic E-state index is 6.00. The number of hydrogen-bond acceptors (Lipinski definition) is 7. The lowest BCUT2D eigenvalue weighted by Gasteiger charge is -2.16. The first-order chi connectivity index (χ1) is 15.7. The Hall–Kier alpha value is -2.48. The summed E-state index contributed by atoms with van der Waals surface area (Å²) in [6, 6.07) is 8.12. The minimum atomic E-state index is -0.0607. The van der Waals surface area contributed by atoms with Crippen LogP contribution in [-0.2, 0) is 15.9 Å². The number of anilines is 1. The van der Waals surface area contributed by atoms with E-state index < -0.39 is 0 Å². The van der Waals surface area contributed by atoms with Crippen LogP contribution in [0.15, 0.2) is 42.2 Å². The second-order valence-electron chi connectivity index (χ2n) is 8.52. The van der Waals surface area contributed by atoms with Crippen molar-refractivity contribution in [1.82, 2.24) is 15.4 Å². The van der Waals surface area contributed by atoms with Gasteiger partial charge in [-0.25, -0.2) is 15.4 Å². The number of aromatic nitrogens is 2. The molecule has 0 spiro atoms. The highest BCUT2D eigenvalue weighted by Gasteiger charge is 2.26. The molecule has 0 aliphatic carbocycles. The summed E-state index contributed by atoms with van der Waals surface area (Å²) in [5, 5.41) is 0. The second-order valence-corrected chi connectivity index (χ2v) is 8.52. The Labute approximate surface area is 190 Å². The van der Waals surface area contributed by atoms with E-state index in [0.29, 0.717) is 6.61 Å². The summed E-state index contributed by atoms with van der Waals surface area (Å²) >= 11 is 0. The Balaban J connectivity index is 1.49. The highest BCUT2D eigenvalue weighted by molar-refractivity contribution is 5.60. The van der Waals surface area contributed by atoms with E-state index in [4.69, 9.17) is 14.2 Å². The molecule has 2 aliphatic heterocycles. The van der Waals surface area contributed by atoms with E-state index in [9.17, 15) is 0 Å². The van der Waals surface area contributed by atoms with E-state index in [1.165, 1.54) is 24.8 Å². The third-order valence-corrected chi connectivity index (χ3v) is 5.87. The molecule has 7 heteroatoms. The number of hydrazine groups is 1. The van der Waals surface area contributed by atoms with E-state index in [1.807, 2.05) is 19.1 Å². The van der Waals surface area contributed by atoms with Gasteiger partial charge in [0.15, 0.2) is 0 Å². The van der Waals surface area contributed by atoms with Crippen LogP contribution < -0.4 is 15.6 Å². The number of ether oxygens (including phenoxy) is 3. The van der Waals surface area contributed by atoms with Crippen LogP contribution in [-0.4, -0.2) is 43.0 Å². The zero-order chi connectivity index (χ0) is 22.2. The number of nitrogens with zero attached hydrogens (tertiary/aromatic N) is 2. The maximum Gasteiger partial charge on any atom is 0.120 e. The monoisotopic (exact) mass is 438 g/mol. The summed E-state index contributed by atoms with van der Waals surface area (Å²) in [4.78, 5) is 9.13. The summed E-state index contributed by atoms with van der Waals surface area (Å²) in [7, 11) is 1.68. The highest BCUT2D eigenvalue weighted by Crippen LogP contribution is 2.35. The first-order valence-electron chi connectivity index (χ1n) is 11.6. The third-order valence-electron chi connectivity index (χ3n) is 5.87. The summed E-state index contributed by atoms with van der Waals surface area (Å²) in [5.41, 5.74) is 12.1. The molecule has 0 saturated heterocycles. The minimum absolute atomic E-state index is 0.0148. The van der Waals surface area contributed by atoms with Crippen molar-refractivity contribution < 1.29 is 14.2 Å². The molecule has 0 radical (unpaired) electrons. The first kappa shape index (κ1) is 22.7. The van der Waals surface area contributed by atoms with Gasteiger partial charge in [0, 0.05) is 31.4 Å². The number of methoxy groups -OCH3 is 1. The van der Waals surface area contributed by atoms with Crippen LogP contribution in [0.5, 0.6) is 5.75 Å². The molecule has 2 aliphatic rings. The first-order valence-corrected chi connectivity index (χ1v) is 11.6. The molecular weight excluding hydrogens is 404 g/mol. The van der Waals surface area contributed by atoms with Gasteiger partial charge >= 0.3 is 0 Å². The smallest absolute Gasteiger partial charge is 0.120 e. The van der Waals surface area contributed by atoms with Crippen LogP contribution in [0.4, 0.5) is 5.69 Å². The molecule has 2 atom stereocenters. The van der Waals surface area contributed by atoms with Crippen LogP contribution in [0.25, 0.3) is 0 Å². The lowest BCUT2D eigenvalue weighted by molar-refractivity contribution is 0.0920. The molecule has 2 N–H and O–H groups in total. The SMILES string of the molecule is COC[C@H](C)Oc1ccc2c(c1)C(c1cc(C/C3=C/CCCCCOCC3)ncn1)NN2. The molecule has 172 valence electrons. The van der Waals surface area contributed by atoms with Crippen molar-refractivity contribution in [1.29, 1.82) is 0 Å². The Kier molecular flexibility index (Phi) is 8.09. The number of allylic oxidation sites excluding steroid dienone is 1. The van der Waals surface area contributed by atoms with Crippen molar-refractivity contribution in [3.05, 3.63) is 59.2 Å². The van der Waals surface area contributed by atoms with Gasteiger partial charge in [-0.3, -0.25) is 0 Å². The van der Waals surface area contributed by atoms with Gasteiger partial charge in [-0.05, 0) is 56.9 Å². The summed E-state index contributed by atoms with van der Waals surface area (Å²) < 4.78 is 16.9. The van der Waals surface area contributed by atoms with E-state index in [-0.39, 0.29) is 12.1 Å². The van der Waals surface area contributed by atoms with Crippen molar-refractivity contribution in [2.24, 2.45) is 0 Å². The van der Waals surface area contributed by atoms with E-state index in [2.05, 4.69) is 39.0 Å². The molecule has 2 aromatic rings. The fraction of sp³-hybridized carbons (Fsp3) is 0.520. The maximum absolute atomic E-state index is 6.00. The van der Waals surface area contributed by atoms with Gasteiger partial charge in [0.2, 0.25) is 0 Å². The van der Waals surface area contributed by atoms with Gasteiger partial charge in [0.05, 0.1) is 30.6 Å². The molecule has 3 heterocycles. The normalized spacial score (nSPS) is 21.7. The number of hydrogen-bond donors (Lipinski definition) is 2. The molecule has 1 aromatic heterocycles. The summed E-state index contributed by atoms with van der Waals surface area (Å²) in [6.45, 7) is 4.21. The standard InChI is InChI=1S/C25H34N4O3/c1-18(16-30-2)32-21-8-9-23-22(15-21)25(29-28-23)24-14-20(26-17-27-24)13-19-7-5-3-4-6-11-31-12-10-19/h7-9,14-15,17-18,25,28-29H,3-6,10-13,16H2,1-2H3/b19-7+/t18-,25?/m0/s1. The van der Waals surface area contributed by atoms with Crippen LogP contribution in [0.3, 0.4) is 0 Å². The van der Waals surface area contributed by atoms with Crippen molar-refractivity contribution in [3.63, 3.8) is 0 Å². The topological polar surface area (TPSA) is 77.5 Å². The number of fused-ring (bicyclic) bond motifs is 1. The van der Waals surface area contributed by atoms with Crippen LogP contribution in [0, 0.1) is 0 Å². The minimum Gasteiger partial charge on any atom is -0.488 e. The molecule has 1 unspecified atom stereocenters. The lowest BCUT2D eigenvalue weighted by atomic mass is 10.00. The van der Waals surface area contributed by atoms with Crippen LogP contribution >= 0.6 is 0 Å². The van der Waals surface area contributed by atoms with Crippen LogP contribution in [0.2, 0.25) is 0 Å². The van der Waals surface area contributed by atoms with Gasteiger partial charge in [-0.1, -0.05) is 18.1 Å². The van der Waals surface area contributed by atoms with Crippen molar-refractivity contribution >= 4 is 5.69 Å². The molecular formula is C25H34N4O3. The average Bonchev–Trinajstić information content (AvgIpc) is 3.22. The van der Waals surface area contributed by atoms with Crippen molar-refractivity contribution in [3.8, 4) is 5.75 Å². The van der Waals surface area contributed by atoms with Crippen LogP contribution in [0.1, 0.15) is 62.0 Å². The van der Waals surface area contributed by atoms with E-state index in [0.717, 1.165) is 60.9 Å². The summed E-state index contributed by atoms with van der Waals surface area (Å²) in [5.74, 6) is 0.824. The number of nitrogens with one attached hydrogen (secondary N) is 2. The molecule has 0 amide bonds. The molecule has 4 rings (SSSR count). The predicted molar refractivity (Wildman–Crippen MR) is 125 cm³/mol. The molecule has 7 nitrogen and oxygen atoms in total. The fourth-order valence-electron chi connectivity index (χ4n) is 4.23. The second kappa shape index (κ2) is 11.4. The Morgan fingerprint density at radius 2 is 2.09 bits per heavy atom.